The van der Waals surface area contributed by atoms with Crippen LogP contribution in [0.3, 0.4) is 0 Å². The molecule has 2 nitrogen and oxygen atoms in total. The minimum Gasteiger partial charge on any atom is -0.390 e. The molecule has 2 atom stereocenters. The van der Waals surface area contributed by atoms with E-state index in [4.69, 9.17) is 4.74 Å². The molecule has 0 heterocycles. The van der Waals surface area contributed by atoms with Crippen LogP contribution >= 0.6 is 0 Å². The fraction of sp³-hybridized carbons (Fsp3) is 1.00. The number of rotatable bonds is 4. The van der Waals surface area contributed by atoms with Crippen molar-refractivity contribution in [3.8, 4) is 0 Å². The topological polar surface area (TPSA) is 29.5 Å². The van der Waals surface area contributed by atoms with Gasteiger partial charge in [0.05, 0.1) is 19.9 Å². The fourth-order valence-electron chi connectivity index (χ4n) is 2.73. The number of aliphatic hydroxyl groups excluding tert-OH is 1. The van der Waals surface area contributed by atoms with Crippen molar-refractivity contribution in [3.63, 3.8) is 0 Å². The SMILES string of the molecule is COC(C(O)C1CCCCC1)[Si](C)(C)C. The average Bonchev–Trinajstić information content (AvgIpc) is 2.18. The second-order valence-corrected chi connectivity index (χ2v) is 11.2. The monoisotopic (exact) mass is 230 g/mol. The maximum atomic E-state index is 10.4. The molecule has 1 N–H and O–H groups in total. The van der Waals surface area contributed by atoms with E-state index in [9.17, 15) is 5.11 Å². The quantitative estimate of drug-likeness (QED) is 0.753. The first-order valence-electron chi connectivity index (χ1n) is 6.17. The first-order valence-corrected chi connectivity index (χ1v) is 9.75. The fourth-order valence-corrected chi connectivity index (χ4v) is 4.73. The molecule has 1 aliphatic rings. The Bertz CT molecular complexity index is 183. The third-order valence-corrected chi connectivity index (χ3v) is 5.83. The van der Waals surface area contributed by atoms with E-state index in [0.29, 0.717) is 5.92 Å². The zero-order valence-corrected chi connectivity index (χ0v) is 11.6. The van der Waals surface area contributed by atoms with Crippen molar-refractivity contribution in [1.82, 2.24) is 0 Å². The van der Waals surface area contributed by atoms with Crippen molar-refractivity contribution in [3.05, 3.63) is 0 Å². The molecule has 0 spiro atoms. The predicted molar refractivity (Wildman–Crippen MR) is 66.7 cm³/mol. The minimum absolute atomic E-state index is 0.0978. The predicted octanol–water partition coefficient (Wildman–Crippen LogP) is 2.82. The van der Waals surface area contributed by atoms with Gasteiger partial charge in [-0.3, -0.25) is 0 Å². The van der Waals surface area contributed by atoms with Gasteiger partial charge in [0, 0.05) is 7.11 Å². The van der Waals surface area contributed by atoms with Crippen LogP contribution in [0.15, 0.2) is 0 Å². The van der Waals surface area contributed by atoms with Crippen molar-refractivity contribution in [2.45, 2.75) is 63.6 Å². The number of hydrogen-bond acceptors (Lipinski definition) is 2. The first-order chi connectivity index (χ1) is 6.96. The molecule has 1 saturated carbocycles. The van der Waals surface area contributed by atoms with E-state index in [-0.39, 0.29) is 11.8 Å². The summed E-state index contributed by atoms with van der Waals surface area (Å²) < 4.78 is 5.54. The van der Waals surface area contributed by atoms with Crippen LogP contribution in [0.5, 0.6) is 0 Å². The summed E-state index contributed by atoms with van der Waals surface area (Å²) in [4.78, 5) is 0. The average molecular weight is 230 g/mol. The van der Waals surface area contributed by atoms with Crippen LogP contribution < -0.4 is 0 Å². The normalized spacial score (nSPS) is 23.8. The van der Waals surface area contributed by atoms with Crippen LogP contribution in [-0.2, 0) is 4.74 Å². The summed E-state index contributed by atoms with van der Waals surface area (Å²) in [5.41, 5.74) is 0.0978. The largest absolute Gasteiger partial charge is 0.390 e. The second kappa shape index (κ2) is 5.46. The van der Waals surface area contributed by atoms with Gasteiger partial charge in [0.1, 0.15) is 0 Å². The Labute approximate surface area is 95.0 Å². The van der Waals surface area contributed by atoms with Crippen LogP contribution in [0.25, 0.3) is 0 Å². The lowest BCUT2D eigenvalue weighted by molar-refractivity contribution is -0.0144. The van der Waals surface area contributed by atoms with E-state index < -0.39 is 8.07 Å². The molecule has 1 rings (SSSR count). The van der Waals surface area contributed by atoms with E-state index >= 15 is 0 Å². The summed E-state index contributed by atoms with van der Waals surface area (Å²) in [5.74, 6) is 0.482. The molecule has 3 heteroatoms. The van der Waals surface area contributed by atoms with E-state index in [2.05, 4.69) is 19.6 Å². The molecule has 0 amide bonds. The number of aliphatic hydroxyl groups is 1. The number of methoxy groups -OCH3 is 1. The van der Waals surface area contributed by atoms with Gasteiger partial charge in [-0.1, -0.05) is 38.9 Å². The van der Waals surface area contributed by atoms with Gasteiger partial charge in [0.25, 0.3) is 0 Å². The molecule has 0 aromatic carbocycles. The summed E-state index contributed by atoms with van der Waals surface area (Å²) in [6.45, 7) is 6.81. The number of hydrogen-bond donors (Lipinski definition) is 1. The maximum Gasteiger partial charge on any atom is 0.0819 e. The summed E-state index contributed by atoms with van der Waals surface area (Å²) in [6.07, 6.45) is 6.04. The van der Waals surface area contributed by atoms with Crippen molar-refractivity contribution < 1.29 is 9.84 Å². The third-order valence-electron chi connectivity index (χ3n) is 3.55. The molecular formula is C12H26O2Si. The molecular weight excluding hydrogens is 204 g/mol. The molecule has 1 aliphatic carbocycles. The van der Waals surface area contributed by atoms with Gasteiger partial charge in [-0.15, -0.1) is 0 Å². The molecule has 90 valence electrons. The summed E-state index contributed by atoms with van der Waals surface area (Å²) in [6, 6.07) is 0. The molecule has 0 aromatic heterocycles. The highest BCUT2D eigenvalue weighted by atomic mass is 28.3. The molecule has 0 aliphatic heterocycles. The highest BCUT2D eigenvalue weighted by molar-refractivity contribution is 6.77. The van der Waals surface area contributed by atoms with Crippen LogP contribution in [0, 0.1) is 5.92 Å². The molecule has 0 aromatic rings. The second-order valence-electron chi connectivity index (χ2n) is 5.91. The van der Waals surface area contributed by atoms with Gasteiger partial charge in [-0.2, -0.15) is 0 Å². The lowest BCUT2D eigenvalue weighted by Crippen LogP contribution is -2.51. The Morgan fingerprint density at radius 3 is 2.07 bits per heavy atom. The Morgan fingerprint density at radius 2 is 1.67 bits per heavy atom. The Balaban J connectivity index is 2.59. The minimum atomic E-state index is -1.41. The molecule has 0 bridgehead atoms. The van der Waals surface area contributed by atoms with Crippen molar-refractivity contribution >= 4 is 8.07 Å². The molecule has 0 saturated heterocycles. The van der Waals surface area contributed by atoms with Crippen LogP contribution in [0.4, 0.5) is 0 Å². The standard InChI is InChI=1S/C12H26O2Si/c1-14-12(15(2,3)4)11(13)10-8-6-5-7-9-10/h10-13H,5-9H2,1-4H3. The maximum absolute atomic E-state index is 10.4. The van der Waals surface area contributed by atoms with Gasteiger partial charge in [0.2, 0.25) is 0 Å². The third kappa shape index (κ3) is 3.57. The lowest BCUT2D eigenvalue weighted by atomic mass is 9.85. The van der Waals surface area contributed by atoms with Crippen LogP contribution in [0.2, 0.25) is 19.6 Å². The van der Waals surface area contributed by atoms with E-state index in [0.717, 1.165) is 0 Å². The highest BCUT2D eigenvalue weighted by Gasteiger charge is 2.37. The Morgan fingerprint density at radius 1 is 1.13 bits per heavy atom. The molecule has 15 heavy (non-hydrogen) atoms. The first kappa shape index (κ1) is 13.2. The lowest BCUT2D eigenvalue weighted by Gasteiger charge is -2.37. The van der Waals surface area contributed by atoms with Gasteiger partial charge in [0.15, 0.2) is 0 Å². The summed E-state index contributed by atoms with van der Waals surface area (Å²) >= 11 is 0. The van der Waals surface area contributed by atoms with E-state index in [1.807, 2.05) is 0 Å². The zero-order valence-electron chi connectivity index (χ0n) is 10.6. The molecule has 1 fully saturated rings. The van der Waals surface area contributed by atoms with E-state index in [1.165, 1.54) is 32.1 Å². The van der Waals surface area contributed by atoms with E-state index in [1.54, 1.807) is 7.11 Å². The van der Waals surface area contributed by atoms with Gasteiger partial charge >= 0.3 is 0 Å². The van der Waals surface area contributed by atoms with Gasteiger partial charge < -0.3 is 9.84 Å². The molecule has 2 unspecified atom stereocenters. The summed E-state index contributed by atoms with van der Waals surface area (Å²) in [5, 5.41) is 10.4. The van der Waals surface area contributed by atoms with Crippen LogP contribution in [0.1, 0.15) is 32.1 Å². The van der Waals surface area contributed by atoms with Gasteiger partial charge in [-0.05, 0) is 18.8 Å². The number of ether oxygens (including phenoxy) is 1. The van der Waals surface area contributed by atoms with Crippen molar-refractivity contribution in [2.75, 3.05) is 7.11 Å². The Kier molecular flexibility index (Phi) is 4.81. The smallest absolute Gasteiger partial charge is 0.0819 e. The molecule has 0 radical (unpaired) electrons. The van der Waals surface area contributed by atoms with Gasteiger partial charge in [-0.25, -0.2) is 0 Å². The van der Waals surface area contributed by atoms with Crippen molar-refractivity contribution in [2.24, 2.45) is 5.92 Å². The van der Waals surface area contributed by atoms with Crippen molar-refractivity contribution in [1.29, 1.82) is 0 Å². The zero-order chi connectivity index (χ0) is 11.5. The Hall–Kier alpha value is 0.137. The van der Waals surface area contributed by atoms with Crippen LogP contribution in [-0.4, -0.2) is 32.1 Å². The summed E-state index contributed by atoms with van der Waals surface area (Å²) in [7, 11) is 0.339. The highest BCUT2D eigenvalue weighted by Crippen LogP contribution is 2.30.